The quantitative estimate of drug-likeness (QED) is 0.459. The van der Waals surface area contributed by atoms with E-state index in [1.165, 1.54) is 6.42 Å². The number of anilines is 3. The zero-order valence-electron chi connectivity index (χ0n) is 20.1. The Morgan fingerprint density at radius 3 is 2.44 bits per heavy atom. The van der Waals surface area contributed by atoms with E-state index in [0.717, 1.165) is 86.2 Å². The van der Waals surface area contributed by atoms with E-state index in [1.807, 2.05) is 64.0 Å². The van der Waals surface area contributed by atoms with Gasteiger partial charge in [-0.1, -0.05) is 18.2 Å². The molecule has 1 N–H and O–H groups in total. The lowest BCUT2D eigenvalue weighted by Crippen LogP contribution is -2.36. The van der Waals surface area contributed by atoms with Crippen LogP contribution in [0.4, 0.5) is 17.5 Å². The maximum absolute atomic E-state index is 12.8. The first-order valence-corrected chi connectivity index (χ1v) is 12.6. The molecule has 0 bridgehead atoms. The molecule has 36 heavy (non-hydrogen) atoms. The first-order valence-electron chi connectivity index (χ1n) is 12.6. The molecule has 1 amide bonds. The molecule has 2 saturated heterocycles. The zero-order valence-corrected chi connectivity index (χ0v) is 20.1. The van der Waals surface area contributed by atoms with Crippen LogP contribution in [0.3, 0.4) is 0 Å². The number of aromatic nitrogens is 4. The maximum atomic E-state index is 12.8. The van der Waals surface area contributed by atoms with Crippen LogP contribution in [0, 0.1) is 0 Å². The van der Waals surface area contributed by atoms with Crippen LogP contribution >= 0.6 is 0 Å². The highest BCUT2D eigenvalue weighted by molar-refractivity contribution is 5.94. The Morgan fingerprint density at radius 1 is 0.889 bits per heavy atom. The van der Waals surface area contributed by atoms with Crippen molar-refractivity contribution in [2.45, 2.75) is 19.3 Å². The topological polar surface area (TPSA) is 87.9 Å². The Labute approximate surface area is 209 Å². The number of hydrogen-bond acceptors (Lipinski definition) is 7. The maximum Gasteiger partial charge on any atom is 0.253 e. The second-order valence-corrected chi connectivity index (χ2v) is 9.18. The van der Waals surface area contributed by atoms with Crippen molar-refractivity contribution in [3.63, 3.8) is 0 Å². The molecule has 1 aromatic carbocycles. The van der Waals surface area contributed by atoms with E-state index in [9.17, 15) is 4.79 Å². The molecule has 5 heterocycles. The summed E-state index contributed by atoms with van der Waals surface area (Å²) in [6.45, 7) is 4.85. The van der Waals surface area contributed by atoms with Crippen molar-refractivity contribution in [1.29, 1.82) is 0 Å². The average Bonchev–Trinajstić information content (AvgIpc) is 3.37. The van der Waals surface area contributed by atoms with Gasteiger partial charge in [0.2, 0.25) is 5.95 Å². The van der Waals surface area contributed by atoms with Gasteiger partial charge in [-0.05, 0) is 55.7 Å². The largest absolute Gasteiger partial charge is 0.378 e. The summed E-state index contributed by atoms with van der Waals surface area (Å²) < 4.78 is 7.24. The number of morpholine rings is 1. The third kappa shape index (κ3) is 4.61. The molecule has 184 valence electrons. The van der Waals surface area contributed by atoms with Crippen molar-refractivity contribution < 1.29 is 9.53 Å². The molecule has 9 nitrogen and oxygen atoms in total. The summed E-state index contributed by atoms with van der Waals surface area (Å²) in [5.41, 5.74) is 4.17. The Kier molecular flexibility index (Phi) is 6.21. The minimum absolute atomic E-state index is 0.111. The van der Waals surface area contributed by atoms with Crippen molar-refractivity contribution in [3.05, 3.63) is 66.4 Å². The predicted molar refractivity (Wildman–Crippen MR) is 139 cm³/mol. The second kappa shape index (κ2) is 9.94. The highest BCUT2D eigenvalue weighted by Gasteiger charge is 2.18. The normalized spacial score (nSPS) is 16.3. The Bertz CT molecular complexity index is 1340. The molecule has 4 aromatic rings. The molecule has 2 aliphatic rings. The summed E-state index contributed by atoms with van der Waals surface area (Å²) >= 11 is 0. The zero-order chi connectivity index (χ0) is 24.3. The van der Waals surface area contributed by atoms with Crippen molar-refractivity contribution in [1.82, 2.24) is 24.5 Å². The summed E-state index contributed by atoms with van der Waals surface area (Å²) in [5, 5.41) is 7.96. The smallest absolute Gasteiger partial charge is 0.253 e. The van der Waals surface area contributed by atoms with E-state index in [-0.39, 0.29) is 5.91 Å². The van der Waals surface area contributed by atoms with Gasteiger partial charge in [-0.25, -0.2) is 9.50 Å². The summed E-state index contributed by atoms with van der Waals surface area (Å²) in [5.74, 6) is 1.55. The predicted octanol–water partition coefficient (Wildman–Crippen LogP) is 4.00. The number of benzene rings is 1. The molecule has 0 aliphatic carbocycles. The van der Waals surface area contributed by atoms with Crippen LogP contribution in [0.15, 0.2) is 60.8 Å². The van der Waals surface area contributed by atoms with Gasteiger partial charge >= 0.3 is 0 Å². The van der Waals surface area contributed by atoms with Crippen LogP contribution in [0.5, 0.6) is 0 Å². The number of fused-ring (bicyclic) bond motifs is 1. The summed E-state index contributed by atoms with van der Waals surface area (Å²) in [6.07, 6.45) is 5.18. The van der Waals surface area contributed by atoms with Gasteiger partial charge in [0.25, 0.3) is 5.91 Å². The summed E-state index contributed by atoms with van der Waals surface area (Å²) in [7, 11) is 0. The van der Waals surface area contributed by atoms with Gasteiger partial charge in [0.1, 0.15) is 5.82 Å². The number of hydrogen-bond donors (Lipinski definition) is 1. The van der Waals surface area contributed by atoms with Gasteiger partial charge < -0.3 is 19.9 Å². The fourth-order valence-electron chi connectivity index (χ4n) is 4.81. The van der Waals surface area contributed by atoms with Gasteiger partial charge in [0.05, 0.1) is 30.8 Å². The van der Waals surface area contributed by atoms with E-state index < -0.39 is 0 Å². The highest BCUT2D eigenvalue weighted by atomic mass is 16.5. The summed E-state index contributed by atoms with van der Waals surface area (Å²) in [4.78, 5) is 26.2. The van der Waals surface area contributed by atoms with E-state index in [4.69, 9.17) is 9.84 Å². The van der Waals surface area contributed by atoms with E-state index in [1.54, 1.807) is 6.20 Å². The number of rotatable bonds is 5. The lowest BCUT2D eigenvalue weighted by molar-refractivity contribution is 0.0724. The molecule has 2 fully saturated rings. The van der Waals surface area contributed by atoms with Gasteiger partial charge in [-0.15, -0.1) is 5.10 Å². The Morgan fingerprint density at radius 2 is 1.69 bits per heavy atom. The van der Waals surface area contributed by atoms with Crippen molar-refractivity contribution in [2.24, 2.45) is 0 Å². The molecule has 9 heteroatoms. The number of carbonyl (C=O) groups is 1. The molecule has 2 aliphatic heterocycles. The van der Waals surface area contributed by atoms with Crippen LogP contribution in [-0.4, -0.2) is 69.8 Å². The number of ether oxygens (including phenoxy) is 1. The van der Waals surface area contributed by atoms with Gasteiger partial charge in [0.15, 0.2) is 5.65 Å². The molecular formula is C27H29N7O2. The minimum Gasteiger partial charge on any atom is -0.378 e. The third-order valence-corrected chi connectivity index (χ3v) is 6.77. The van der Waals surface area contributed by atoms with Crippen LogP contribution in [0.1, 0.15) is 29.6 Å². The van der Waals surface area contributed by atoms with Crippen LogP contribution in [-0.2, 0) is 4.74 Å². The number of piperidine rings is 1. The highest BCUT2D eigenvalue weighted by Crippen LogP contribution is 2.24. The van der Waals surface area contributed by atoms with Gasteiger partial charge in [-0.3, -0.25) is 4.79 Å². The Balaban J connectivity index is 1.20. The number of nitrogens with one attached hydrogen (secondary N) is 1. The monoisotopic (exact) mass is 483 g/mol. The van der Waals surface area contributed by atoms with Crippen molar-refractivity contribution >= 4 is 29.0 Å². The Hall–Kier alpha value is -3.98. The molecule has 0 saturated carbocycles. The molecule has 3 aromatic heterocycles. The first-order chi connectivity index (χ1) is 17.7. The molecule has 0 atom stereocenters. The van der Waals surface area contributed by atoms with Crippen LogP contribution in [0.25, 0.3) is 16.9 Å². The molecule has 0 unspecified atom stereocenters. The fourth-order valence-corrected chi connectivity index (χ4v) is 4.81. The average molecular weight is 484 g/mol. The standard InChI is InChI=1S/C27H29N7O2/c35-26(33-13-2-1-3-14-33)21-9-7-20(8-10-21)23-5-4-6-25-30-27(31-34(23)25)29-22-11-12-24(28-19-22)32-15-17-36-18-16-32/h4-12,19H,1-3,13-18H2,(H,29,31). The number of amides is 1. The van der Waals surface area contributed by atoms with Gasteiger partial charge in [-0.2, -0.15) is 4.98 Å². The van der Waals surface area contributed by atoms with E-state index in [0.29, 0.717) is 5.95 Å². The third-order valence-electron chi connectivity index (χ3n) is 6.77. The second-order valence-electron chi connectivity index (χ2n) is 9.18. The molecule has 6 rings (SSSR count). The minimum atomic E-state index is 0.111. The van der Waals surface area contributed by atoms with Crippen LogP contribution in [0.2, 0.25) is 0 Å². The lowest BCUT2D eigenvalue weighted by Gasteiger charge is -2.27. The number of likely N-dealkylation sites (tertiary alicyclic amines) is 1. The number of nitrogens with zero attached hydrogens (tertiary/aromatic N) is 6. The van der Waals surface area contributed by atoms with Crippen molar-refractivity contribution in [3.8, 4) is 11.3 Å². The van der Waals surface area contributed by atoms with E-state index >= 15 is 0 Å². The fraction of sp³-hybridized carbons (Fsp3) is 0.333. The van der Waals surface area contributed by atoms with E-state index in [2.05, 4.69) is 20.2 Å². The molecular weight excluding hydrogens is 454 g/mol. The SMILES string of the molecule is O=C(c1ccc(-c2cccc3nc(Nc4ccc(N5CCOCC5)nc4)nn23)cc1)N1CCCCC1. The molecule has 0 spiro atoms. The van der Waals surface area contributed by atoms with Crippen molar-refractivity contribution in [2.75, 3.05) is 49.6 Å². The van der Waals surface area contributed by atoms with Crippen LogP contribution < -0.4 is 10.2 Å². The van der Waals surface area contributed by atoms with Gasteiger partial charge in [0, 0.05) is 37.3 Å². The number of carbonyl (C=O) groups excluding carboxylic acids is 1. The first kappa shape index (κ1) is 22.5. The number of pyridine rings is 2. The molecule has 0 radical (unpaired) electrons. The summed E-state index contributed by atoms with van der Waals surface area (Å²) in [6, 6.07) is 17.7. The lowest BCUT2D eigenvalue weighted by atomic mass is 10.1.